The summed E-state index contributed by atoms with van der Waals surface area (Å²) < 4.78 is 0. The van der Waals surface area contributed by atoms with E-state index in [1.54, 1.807) is 0 Å². The summed E-state index contributed by atoms with van der Waals surface area (Å²) in [6.07, 6.45) is 0. The van der Waals surface area contributed by atoms with Crippen molar-refractivity contribution in [3.05, 3.63) is 0 Å². The first-order valence-electron chi connectivity index (χ1n) is 3.93. The number of hydrogen-bond acceptors (Lipinski definition) is 2. The number of rotatable bonds is 4. The summed E-state index contributed by atoms with van der Waals surface area (Å²) in [7, 11) is 6.39. The van der Waals surface area contributed by atoms with Crippen molar-refractivity contribution in [3.8, 4) is 0 Å². The molecule has 0 saturated heterocycles. The molecule has 2 nitrogen and oxygen atoms in total. The van der Waals surface area contributed by atoms with Gasteiger partial charge >= 0.3 is 0 Å². The summed E-state index contributed by atoms with van der Waals surface area (Å²) in [5, 5.41) is 0. The molecule has 2 heteroatoms. The molecule has 0 aromatic carbocycles. The lowest BCUT2D eigenvalue weighted by molar-refractivity contribution is 0.226. The summed E-state index contributed by atoms with van der Waals surface area (Å²) in [6.45, 7) is 6.72. The standard InChI is InChI=1S/C8H20N2/c1-6-10(5)7-8(2)9(3)4/h8H,6-7H2,1-5H3. The molecule has 0 spiro atoms. The molecule has 0 fully saturated rings. The van der Waals surface area contributed by atoms with Gasteiger partial charge in [-0.3, -0.25) is 0 Å². The molecule has 0 saturated carbocycles. The van der Waals surface area contributed by atoms with Crippen LogP contribution in [-0.4, -0.2) is 50.1 Å². The maximum Gasteiger partial charge on any atom is 0.0188 e. The normalized spacial score (nSPS) is 14.7. The number of likely N-dealkylation sites (N-methyl/N-ethyl adjacent to an activating group) is 2. The predicted octanol–water partition coefficient (Wildman–Crippen LogP) is 0.888. The zero-order valence-corrected chi connectivity index (χ0v) is 7.89. The minimum absolute atomic E-state index is 0.657. The Labute approximate surface area is 64.8 Å². The average molecular weight is 144 g/mol. The van der Waals surface area contributed by atoms with E-state index in [0.29, 0.717) is 6.04 Å². The average Bonchev–Trinajstić information content (AvgIpc) is 1.87. The Morgan fingerprint density at radius 1 is 1.20 bits per heavy atom. The Balaban J connectivity index is 3.46. The van der Waals surface area contributed by atoms with Gasteiger partial charge in [-0.05, 0) is 34.6 Å². The minimum Gasteiger partial charge on any atom is -0.305 e. The molecule has 0 bridgehead atoms. The first kappa shape index (κ1) is 9.92. The maximum absolute atomic E-state index is 2.32. The van der Waals surface area contributed by atoms with Gasteiger partial charge in [0.1, 0.15) is 0 Å². The second-order valence-electron chi connectivity index (χ2n) is 3.17. The summed E-state index contributed by atoms with van der Waals surface area (Å²) in [6, 6.07) is 0.657. The van der Waals surface area contributed by atoms with Crippen LogP contribution in [0, 0.1) is 0 Å². The van der Waals surface area contributed by atoms with Crippen LogP contribution in [0.3, 0.4) is 0 Å². The van der Waals surface area contributed by atoms with E-state index in [1.807, 2.05) is 0 Å². The summed E-state index contributed by atoms with van der Waals surface area (Å²) >= 11 is 0. The molecule has 62 valence electrons. The third-order valence-corrected chi connectivity index (χ3v) is 2.00. The quantitative estimate of drug-likeness (QED) is 0.578. The van der Waals surface area contributed by atoms with Crippen molar-refractivity contribution in [3.63, 3.8) is 0 Å². The molecule has 0 aromatic rings. The third kappa shape index (κ3) is 3.85. The Morgan fingerprint density at radius 3 is 2.00 bits per heavy atom. The molecule has 1 atom stereocenters. The lowest BCUT2D eigenvalue weighted by Gasteiger charge is -2.24. The van der Waals surface area contributed by atoms with Crippen LogP contribution >= 0.6 is 0 Å². The smallest absolute Gasteiger partial charge is 0.0188 e. The fourth-order valence-corrected chi connectivity index (χ4v) is 0.743. The van der Waals surface area contributed by atoms with Crippen molar-refractivity contribution in [2.24, 2.45) is 0 Å². The van der Waals surface area contributed by atoms with Crippen LogP contribution in [0.15, 0.2) is 0 Å². The van der Waals surface area contributed by atoms with E-state index in [4.69, 9.17) is 0 Å². The van der Waals surface area contributed by atoms with E-state index in [-0.39, 0.29) is 0 Å². The summed E-state index contributed by atoms with van der Waals surface area (Å²) in [4.78, 5) is 4.57. The Hall–Kier alpha value is -0.0800. The molecule has 0 heterocycles. The van der Waals surface area contributed by atoms with Gasteiger partial charge in [0.15, 0.2) is 0 Å². The maximum atomic E-state index is 2.32. The zero-order valence-electron chi connectivity index (χ0n) is 7.89. The van der Waals surface area contributed by atoms with Crippen molar-refractivity contribution < 1.29 is 0 Å². The highest BCUT2D eigenvalue weighted by atomic mass is 15.2. The first-order valence-corrected chi connectivity index (χ1v) is 3.93. The summed E-state index contributed by atoms with van der Waals surface area (Å²) in [5.74, 6) is 0. The van der Waals surface area contributed by atoms with Crippen molar-refractivity contribution in [1.82, 2.24) is 9.80 Å². The van der Waals surface area contributed by atoms with E-state index in [1.165, 1.54) is 0 Å². The molecule has 0 N–H and O–H groups in total. The molecule has 0 aliphatic carbocycles. The lowest BCUT2D eigenvalue weighted by atomic mass is 10.3. The van der Waals surface area contributed by atoms with Crippen LogP contribution in [0.5, 0.6) is 0 Å². The second kappa shape index (κ2) is 4.69. The van der Waals surface area contributed by atoms with Crippen LogP contribution in [0.4, 0.5) is 0 Å². The van der Waals surface area contributed by atoms with Gasteiger partial charge in [-0.2, -0.15) is 0 Å². The number of hydrogen-bond donors (Lipinski definition) is 0. The lowest BCUT2D eigenvalue weighted by Crippen LogP contribution is -2.36. The van der Waals surface area contributed by atoms with E-state index in [0.717, 1.165) is 13.1 Å². The fraction of sp³-hybridized carbons (Fsp3) is 1.00. The highest BCUT2D eigenvalue weighted by Gasteiger charge is 2.05. The predicted molar refractivity (Wildman–Crippen MR) is 46.3 cm³/mol. The minimum atomic E-state index is 0.657. The van der Waals surface area contributed by atoms with Crippen molar-refractivity contribution >= 4 is 0 Å². The van der Waals surface area contributed by atoms with E-state index in [2.05, 4.69) is 44.8 Å². The van der Waals surface area contributed by atoms with Crippen LogP contribution in [0.2, 0.25) is 0 Å². The van der Waals surface area contributed by atoms with Crippen molar-refractivity contribution in [2.45, 2.75) is 19.9 Å². The molecule has 1 unspecified atom stereocenters. The van der Waals surface area contributed by atoms with E-state index in [9.17, 15) is 0 Å². The van der Waals surface area contributed by atoms with Crippen molar-refractivity contribution in [2.75, 3.05) is 34.2 Å². The van der Waals surface area contributed by atoms with Gasteiger partial charge < -0.3 is 9.80 Å². The largest absolute Gasteiger partial charge is 0.305 e. The Bertz CT molecular complexity index is 81.3. The third-order valence-electron chi connectivity index (χ3n) is 2.00. The molecule has 0 aromatic heterocycles. The van der Waals surface area contributed by atoms with E-state index < -0.39 is 0 Å². The SMILES string of the molecule is CCN(C)CC(C)N(C)C. The van der Waals surface area contributed by atoms with E-state index >= 15 is 0 Å². The van der Waals surface area contributed by atoms with Crippen LogP contribution in [0.25, 0.3) is 0 Å². The Kier molecular flexibility index (Phi) is 4.65. The molecule has 10 heavy (non-hydrogen) atoms. The van der Waals surface area contributed by atoms with Crippen LogP contribution in [-0.2, 0) is 0 Å². The number of nitrogens with zero attached hydrogens (tertiary/aromatic N) is 2. The highest BCUT2D eigenvalue weighted by molar-refractivity contribution is 4.62. The molecule has 0 aliphatic heterocycles. The Morgan fingerprint density at radius 2 is 1.70 bits per heavy atom. The van der Waals surface area contributed by atoms with Crippen molar-refractivity contribution in [1.29, 1.82) is 0 Å². The molecule has 0 amide bonds. The van der Waals surface area contributed by atoms with Crippen LogP contribution in [0.1, 0.15) is 13.8 Å². The monoisotopic (exact) mass is 144 g/mol. The van der Waals surface area contributed by atoms with Gasteiger partial charge in [-0.15, -0.1) is 0 Å². The first-order chi connectivity index (χ1) is 4.57. The van der Waals surface area contributed by atoms with Gasteiger partial charge in [0.2, 0.25) is 0 Å². The highest BCUT2D eigenvalue weighted by Crippen LogP contribution is 1.93. The fourth-order valence-electron chi connectivity index (χ4n) is 0.743. The molecule has 0 aliphatic rings. The zero-order chi connectivity index (χ0) is 8.15. The van der Waals surface area contributed by atoms with Gasteiger partial charge in [-0.25, -0.2) is 0 Å². The summed E-state index contributed by atoms with van der Waals surface area (Å²) in [5.41, 5.74) is 0. The van der Waals surface area contributed by atoms with Gasteiger partial charge in [0.05, 0.1) is 0 Å². The topological polar surface area (TPSA) is 6.48 Å². The van der Waals surface area contributed by atoms with Crippen LogP contribution < -0.4 is 0 Å². The molecule has 0 rings (SSSR count). The van der Waals surface area contributed by atoms with Gasteiger partial charge in [0.25, 0.3) is 0 Å². The molecule has 0 radical (unpaired) electrons. The second-order valence-corrected chi connectivity index (χ2v) is 3.17. The molecular formula is C8H20N2. The van der Waals surface area contributed by atoms with Gasteiger partial charge in [-0.1, -0.05) is 6.92 Å². The van der Waals surface area contributed by atoms with Gasteiger partial charge in [0, 0.05) is 12.6 Å². The molecular weight excluding hydrogens is 124 g/mol.